The number of benzene rings is 1. The predicted octanol–water partition coefficient (Wildman–Crippen LogP) is 3.52. The molecule has 0 amide bonds. The van der Waals surface area contributed by atoms with Crippen molar-refractivity contribution >= 4 is 11.8 Å². The van der Waals surface area contributed by atoms with E-state index in [1.54, 1.807) is 12.1 Å². The Labute approximate surface area is 118 Å². The topological polar surface area (TPSA) is 21.3 Å². The Morgan fingerprint density at radius 2 is 2.16 bits per heavy atom. The summed E-state index contributed by atoms with van der Waals surface area (Å²) in [5.74, 6) is 0.983. The van der Waals surface area contributed by atoms with Gasteiger partial charge >= 0.3 is 0 Å². The van der Waals surface area contributed by atoms with Crippen molar-refractivity contribution in [2.45, 2.75) is 42.7 Å². The van der Waals surface area contributed by atoms with E-state index >= 15 is 0 Å². The number of nitrogens with one attached hydrogen (secondary N) is 1. The van der Waals surface area contributed by atoms with E-state index < -0.39 is 0 Å². The minimum Gasteiger partial charge on any atom is -0.381 e. The molecule has 2 unspecified atom stereocenters. The maximum absolute atomic E-state index is 13.5. The molecule has 2 aliphatic heterocycles. The summed E-state index contributed by atoms with van der Waals surface area (Å²) in [7, 11) is 0. The standard InChI is InChI=1S/C15H20FNOS/c16-11-3-4-15-13(10-11)14(6-9-19-15)17-12-2-1-7-18-8-5-12/h3-4,10,12,14,17H,1-2,5-9H2. The van der Waals surface area contributed by atoms with E-state index in [1.165, 1.54) is 4.90 Å². The van der Waals surface area contributed by atoms with E-state index in [-0.39, 0.29) is 5.82 Å². The number of ether oxygens (including phenoxy) is 1. The third-order valence-electron chi connectivity index (χ3n) is 3.90. The van der Waals surface area contributed by atoms with Crippen LogP contribution < -0.4 is 5.32 Å². The highest BCUT2D eigenvalue weighted by Gasteiger charge is 2.24. The van der Waals surface area contributed by atoms with E-state index in [4.69, 9.17) is 4.74 Å². The van der Waals surface area contributed by atoms with E-state index in [9.17, 15) is 4.39 Å². The van der Waals surface area contributed by atoms with Crippen molar-refractivity contribution in [1.29, 1.82) is 0 Å². The molecule has 2 aliphatic rings. The summed E-state index contributed by atoms with van der Waals surface area (Å²) in [6.07, 6.45) is 4.43. The van der Waals surface area contributed by atoms with Crippen LogP contribution in [0.1, 0.15) is 37.3 Å². The fraction of sp³-hybridized carbons (Fsp3) is 0.600. The Kier molecular flexibility index (Phi) is 4.41. The highest BCUT2D eigenvalue weighted by atomic mass is 32.2. The molecule has 1 aromatic carbocycles. The molecule has 0 spiro atoms. The quantitative estimate of drug-likeness (QED) is 0.896. The number of hydrogen-bond acceptors (Lipinski definition) is 3. The highest BCUT2D eigenvalue weighted by Crippen LogP contribution is 2.37. The van der Waals surface area contributed by atoms with E-state index in [2.05, 4.69) is 5.32 Å². The third-order valence-corrected chi connectivity index (χ3v) is 5.02. The van der Waals surface area contributed by atoms with Crippen molar-refractivity contribution in [3.63, 3.8) is 0 Å². The SMILES string of the molecule is Fc1ccc2c(c1)C(NC1CCCOCC1)CCS2. The van der Waals surface area contributed by atoms with Gasteiger partial charge in [-0.1, -0.05) is 0 Å². The second-order valence-corrected chi connectivity index (χ2v) is 6.42. The lowest BCUT2D eigenvalue weighted by Crippen LogP contribution is -2.34. The van der Waals surface area contributed by atoms with Gasteiger partial charge in [-0.15, -0.1) is 11.8 Å². The number of fused-ring (bicyclic) bond motifs is 1. The minimum absolute atomic E-state index is 0.128. The molecule has 2 nitrogen and oxygen atoms in total. The number of thioether (sulfide) groups is 1. The summed E-state index contributed by atoms with van der Waals surface area (Å²) in [6, 6.07) is 5.99. The molecule has 1 N–H and O–H groups in total. The zero-order chi connectivity index (χ0) is 13.1. The molecule has 0 radical (unpaired) electrons. The zero-order valence-corrected chi connectivity index (χ0v) is 11.8. The maximum atomic E-state index is 13.5. The zero-order valence-electron chi connectivity index (χ0n) is 11.0. The molecule has 0 aliphatic carbocycles. The van der Waals surface area contributed by atoms with Crippen molar-refractivity contribution in [2.24, 2.45) is 0 Å². The van der Waals surface area contributed by atoms with E-state index in [0.717, 1.165) is 50.2 Å². The molecule has 0 saturated carbocycles. The van der Waals surface area contributed by atoms with Crippen molar-refractivity contribution < 1.29 is 9.13 Å². The first-order valence-corrected chi connectivity index (χ1v) is 8.07. The average Bonchev–Trinajstić information content (AvgIpc) is 2.68. The molecule has 0 bridgehead atoms. The van der Waals surface area contributed by atoms with Gasteiger partial charge in [0.25, 0.3) is 0 Å². The van der Waals surface area contributed by atoms with Crippen molar-refractivity contribution in [1.82, 2.24) is 5.32 Å². The Bertz CT molecular complexity index is 432. The van der Waals surface area contributed by atoms with Crippen LogP contribution in [0, 0.1) is 5.82 Å². The lowest BCUT2D eigenvalue weighted by atomic mass is 10.0. The Morgan fingerprint density at radius 1 is 1.21 bits per heavy atom. The lowest BCUT2D eigenvalue weighted by molar-refractivity contribution is 0.142. The maximum Gasteiger partial charge on any atom is 0.123 e. The third kappa shape index (κ3) is 3.30. The van der Waals surface area contributed by atoms with Gasteiger partial charge in [0.1, 0.15) is 5.82 Å². The molecular formula is C15H20FNOS. The van der Waals surface area contributed by atoms with E-state index in [1.807, 2.05) is 17.8 Å². The van der Waals surface area contributed by atoms with E-state index in [0.29, 0.717) is 12.1 Å². The lowest BCUT2D eigenvalue weighted by Gasteiger charge is -2.29. The van der Waals surface area contributed by atoms with Crippen LogP contribution in [0.25, 0.3) is 0 Å². The van der Waals surface area contributed by atoms with Gasteiger partial charge in [0.05, 0.1) is 0 Å². The van der Waals surface area contributed by atoms with Gasteiger partial charge < -0.3 is 10.1 Å². The molecule has 2 heterocycles. The normalized spacial score (nSPS) is 27.6. The van der Waals surface area contributed by atoms with Crippen molar-refractivity contribution in [3.8, 4) is 0 Å². The van der Waals surface area contributed by atoms with Gasteiger partial charge in [-0.25, -0.2) is 4.39 Å². The van der Waals surface area contributed by atoms with Gasteiger partial charge in [0.15, 0.2) is 0 Å². The van der Waals surface area contributed by atoms with Crippen molar-refractivity contribution in [2.75, 3.05) is 19.0 Å². The van der Waals surface area contributed by atoms with Gasteiger partial charge in [-0.05, 0) is 55.2 Å². The summed E-state index contributed by atoms with van der Waals surface area (Å²) in [5.41, 5.74) is 1.14. The smallest absolute Gasteiger partial charge is 0.123 e. The second-order valence-electron chi connectivity index (χ2n) is 5.28. The van der Waals surface area contributed by atoms with Crippen LogP contribution in [0.4, 0.5) is 4.39 Å². The second kappa shape index (κ2) is 6.25. The molecular weight excluding hydrogens is 261 g/mol. The number of hydrogen-bond donors (Lipinski definition) is 1. The molecule has 104 valence electrons. The van der Waals surface area contributed by atoms with Crippen LogP contribution in [0.15, 0.2) is 23.1 Å². The summed E-state index contributed by atoms with van der Waals surface area (Å²) in [5, 5.41) is 3.72. The highest BCUT2D eigenvalue weighted by molar-refractivity contribution is 7.99. The molecule has 1 saturated heterocycles. The van der Waals surface area contributed by atoms with Crippen LogP contribution in [0.2, 0.25) is 0 Å². The van der Waals surface area contributed by atoms with Crippen LogP contribution in [-0.4, -0.2) is 25.0 Å². The van der Waals surface area contributed by atoms with Crippen LogP contribution in [-0.2, 0) is 4.74 Å². The van der Waals surface area contributed by atoms with Crippen LogP contribution in [0.3, 0.4) is 0 Å². The number of rotatable bonds is 2. The predicted molar refractivity (Wildman–Crippen MR) is 76.1 cm³/mol. The Balaban J connectivity index is 1.73. The van der Waals surface area contributed by atoms with Gasteiger partial charge in [0.2, 0.25) is 0 Å². The fourth-order valence-electron chi connectivity index (χ4n) is 2.89. The average molecular weight is 281 g/mol. The molecule has 4 heteroatoms. The molecule has 2 atom stereocenters. The Morgan fingerprint density at radius 3 is 3.11 bits per heavy atom. The van der Waals surface area contributed by atoms with Gasteiger partial charge in [-0.3, -0.25) is 0 Å². The molecule has 3 rings (SSSR count). The summed E-state index contributed by atoms with van der Waals surface area (Å²) in [4.78, 5) is 1.23. The first kappa shape index (κ1) is 13.4. The summed E-state index contributed by atoms with van der Waals surface area (Å²) < 4.78 is 19.0. The van der Waals surface area contributed by atoms with Crippen molar-refractivity contribution in [3.05, 3.63) is 29.6 Å². The van der Waals surface area contributed by atoms with Crippen LogP contribution in [0.5, 0.6) is 0 Å². The minimum atomic E-state index is -0.128. The van der Waals surface area contributed by atoms with Crippen LogP contribution >= 0.6 is 11.8 Å². The molecule has 19 heavy (non-hydrogen) atoms. The first-order valence-electron chi connectivity index (χ1n) is 7.09. The largest absolute Gasteiger partial charge is 0.381 e. The monoisotopic (exact) mass is 281 g/mol. The van der Waals surface area contributed by atoms with Gasteiger partial charge in [-0.2, -0.15) is 0 Å². The summed E-state index contributed by atoms with van der Waals surface area (Å²) >= 11 is 1.84. The Hall–Kier alpha value is -0.580. The number of halogens is 1. The molecule has 0 aromatic heterocycles. The van der Waals surface area contributed by atoms with Gasteiger partial charge in [0, 0.05) is 30.2 Å². The fourth-order valence-corrected chi connectivity index (χ4v) is 4.00. The molecule has 1 fully saturated rings. The first-order chi connectivity index (χ1) is 9.33. The summed E-state index contributed by atoms with van der Waals surface area (Å²) in [6.45, 7) is 1.72. The molecule has 1 aromatic rings.